The van der Waals surface area contributed by atoms with Crippen molar-refractivity contribution < 1.29 is 22.7 Å². The van der Waals surface area contributed by atoms with E-state index in [4.69, 9.17) is 16.3 Å². The van der Waals surface area contributed by atoms with Gasteiger partial charge in [-0.05, 0) is 62.1 Å². The van der Waals surface area contributed by atoms with Gasteiger partial charge in [0.05, 0.1) is 22.7 Å². The number of carbonyl (C=O) groups excluding carboxylic acids is 2. The van der Waals surface area contributed by atoms with Crippen molar-refractivity contribution in [2.45, 2.75) is 69.5 Å². The zero-order valence-electron chi connectivity index (χ0n) is 24.3. The van der Waals surface area contributed by atoms with Gasteiger partial charge in [-0.25, -0.2) is 8.42 Å². The molecule has 8 nitrogen and oxygen atoms in total. The zero-order chi connectivity index (χ0) is 30.3. The lowest BCUT2D eigenvalue weighted by atomic mass is 10.1. The Morgan fingerprint density at radius 3 is 2.29 bits per heavy atom. The topological polar surface area (TPSA) is 96.0 Å². The van der Waals surface area contributed by atoms with Crippen LogP contribution in [0, 0.1) is 6.92 Å². The molecule has 0 saturated heterocycles. The number of hydrogen-bond acceptors (Lipinski definition) is 5. The van der Waals surface area contributed by atoms with Gasteiger partial charge in [-0.1, -0.05) is 79.4 Å². The summed E-state index contributed by atoms with van der Waals surface area (Å²) in [7, 11) is -2.72. The average molecular weight is 612 g/mol. The van der Waals surface area contributed by atoms with Crippen molar-refractivity contribution in [3.05, 3.63) is 88.9 Å². The van der Waals surface area contributed by atoms with E-state index in [1.807, 2.05) is 38.1 Å². The maximum Gasteiger partial charge on any atom is 0.264 e. The number of halogens is 1. The Balaban J connectivity index is 1.72. The number of methoxy groups -OCH3 is 1. The minimum Gasteiger partial charge on any atom is -0.495 e. The summed E-state index contributed by atoms with van der Waals surface area (Å²) in [5.74, 6) is -0.357. The van der Waals surface area contributed by atoms with Gasteiger partial charge < -0.3 is 15.0 Å². The van der Waals surface area contributed by atoms with Gasteiger partial charge >= 0.3 is 0 Å². The summed E-state index contributed by atoms with van der Waals surface area (Å²) in [6.45, 7) is 3.45. The van der Waals surface area contributed by atoms with Crippen molar-refractivity contribution in [3.63, 3.8) is 0 Å². The van der Waals surface area contributed by atoms with Crippen LogP contribution in [0.1, 0.15) is 50.2 Å². The van der Waals surface area contributed by atoms with Crippen molar-refractivity contribution in [1.29, 1.82) is 0 Å². The van der Waals surface area contributed by atoms with Crippen LogP contribution in [0.5, 0.6) is 5.75 Å². The Morgan fingerprint density at radius 2 is 1.69 bits per heavy atom. The normalized spacial score (nSPS) is 14.3. The molecule has 0 aliphatic heterocycles. The SMILES string of the molecule is CC[C@@H](C(=O)NC1CCCC1)N(Cc1ccc(C)cc1)C(=O)CN(c1ccc(OC)c(Cl)c1)S(=O)(=O)c1ccccc1. The first-order valence-electron chi connectivity index (χ1n) is 14.2. The summed E-state index contributed by atoms with van der Waals surface area (Å²) in [6, 6.07) is 19.5. The summed E-state index contributed by atoms with van der Waals surface area (Å²) in [5, 5.41) is 3.33. The Labute approximate surface area is 253 Å². The number of sulfonamides is 1. The Morgan fingerprint density at radius 1 is 1.02 bits per heavy atom. The highest BCUT2D eigenvalue weighted by molar-refractivity contribution is 7.92. The van der Waals surface area contributed by atoms with Crippen LogP contribution in [-0.4, -0.2) is 50.9 Å². The third kappa shape index (κ3) is 7.44. The van der Waals surface area contributed by atoms with Crippen molar-refractivity contribution in [2.75, 3.05) is 18.0 Å². The molecule has 10 heteroatoms. The molecule has 1 saturated carbocycles. The summed E-state index contributed by atoms with van der Waals surface area (Å²) in [6.07, 6.45) is 4.32. The van der Waals surface area contributed by atoms with Gasteiger partial charge in [0.25, 0.3) is 10.0 Å². The highest BCUT2D eigenvalue weighted by atomic mass is 35.5. The first-order valence-corrected chi connectivity index (χ1v) is 16.0. The number of carbonyl (C=O) groups is 2. The predicted octanol–water partition coefficient (Wildman–Crippen LogP) is 5.72. The molecule has 1 fully saturated rings. The number of hydrogen-bond donors (Lipinski definition) is 1. The summed E-state index contributed by atoms with van der Waals surface area (Å²) in [4.78, 5) is 29.3. The van der Waals surface area contributed by atoms with Gasteiger partial charge in [-0.15, -0.1) is 0 Å². The first kappa shape index (κ1) is 31.4. The first-order chi connectivity index (χ1) is 20.1. The number of amides is 2. The third-order valence-electron chi connectivity index (χ3n) is 7.59. The minimum atomic E-state index is -4.18. The molecule has 0 bridgehead atoms. The fourth-order valence-electron chi connectivity index (χ4n) is 5.24. The highest BCUT2D eigenvalue weighted by Gasteiger charge is 2.34. The molecular weight excluding hydrogens is 574 g/mol. The maximum absolute atomic E-state index is 14.2. The molecule has 0 unspecified atom stereocenters. The standard InChI is InChI=1S/C32H38ClN3O5S/c1-4-29(32(38)34-25-10-8-9-11-25)35(21-24-16-14-23(2)15-17-24)31(37)22-36(26-18-19-30(41-3)28(33)20-26)42(39,40)27-12-6-5-7-13-27/h5-7,12-20,25,29H,4,8-11,21-22H2,1-3H3,(H,34,38)/t29-/m0/s1. The van der Waals surface area contributed by atoms with Crippen LogP contribution in [-0.2, 0) is 26.2 Å². The fraction of sp³-hybridized carbons (Fsp3) is 0.375. The minimum absolute atomic E-state index is 0.0286. The molecule has 0 spiro atoms. The molecule has 4 rings (SSSR count). The molecule has 42 heavy (non-hydrogen) atoms. The van der Waals surface area contributed by atoms with Crippen molar-refractivity contribution in [2.24, 2.45) is 0 Å². The number of nitrogens with one attached hydrogen (secondary N) is 1. The van der Waals surface area contributed by atoms with Crippen molar-refractivity contribution in [3.8, 4) is 5.75 Å². The van der Waals surface area contributed by atoms with E-state index in [0.717, 1.165) is 41.1 Å². The van der Waals surface area contributed by atoms with Crippen LogP contribution in [0.2, 0.25) is 5.02 Å². The van der Waals surface area contributed by atoms with E-state index >= 15 is 0 Å². The van der Waals surface area contributed by atoms with E-state index in [1.165, 1.54) is 30.2 Å². The smallest absolute Gasteiger partial charge is 0.264 e. The summed E-state index contributed by atoms with van der Waals surface area (Å²) >= 11 is 6.39. The van der Waals surface area contributed by atoms with E-state index in [2.05, 4.69) is 5.32 Å². The van der Waals surface area contributed by atoms with Crippen LogP contribution >= 0.6 is 11.6 Å². The van der Waals surface area contributed by atoms with Crippen LogP contribution in [0.15, 0.2) is 77.7 Å². The number of rotatable bonds is 12. The maximum atomic E-state index is 14.2. The van der Waals surface area contributed by atoms with E-state index < -0.39 is 28.5 Å². The second kappa shape index (κ2) is 14.1. The van der Waals surface area contributed by atoms with Crippen LogP contribution in [0.25, 0.3) is 0 Å². The Kier molecular flexibility index (Phi) is 10.5. The molecule has 1 aliphatic carbocycles. The highest BCUT2D eigenvalue weighted by Crippen LogP contribution is 2.32. The largest absolute Gasteiger partial charge is 0.495 e. The Bertz CT molecular complexity index is 1480. The van der Waals surface area contributed by atoms with E-state index in [9.17, 15) is 18.0 Å². The van der Waals surface area contributed by atoms with Crippen molar-refractivity contribution >= 4 is 39.1 Å². The lowest BCUT2D eigenvalue weighted by Crippen LogP contribution is -2.53. The fourth-order valence-corrected chi connectivity index (χ4v) is 6.92. The zero-order valence-corrected chi connectivity index (χ0v) is 25.8. The van der Waals surface area contributed by atoms with Crippen LogP contribution in [0.4, 0.5) is 5.69 Å². The van der Waals surface area contributed by atoms with E-state index in [-0.39, 0.29) is 34.1 Å². The lowest BCUT2D eigenvalue weighted by Gasteiger charge is -2.34. The summed E-state index contributed by atoms with van der Waals surface area (Å²) < 4.78 is 34.2. The molecule has 1 aliphatic rings. The van der Waals surface area contributed by atoms with Gasteiger partial charge in [0.2, 0.25) is 11.8 Å². The molecule has 3 aromatic carbocycles. The van der Waals surface area contributed by atoms with Gasteiger partial charge in [-0.2, -0.15) is 0 Å². The predicted molar refractivity (Wildman–Crippen MR) is 165 cm³/mol. The molecule has 0 heterocycles. The van der Waals surface area contributed by atoms with E-state index in [1.54, 1.807) is 30.3 Å². The van der Waals surface area contributed by atoms with Gasteiger partial charge in [-0.3, -0.25) is 13.9 Å². The molecule has 224 valence electrons. The van der Waals surface area contributed by atoms with Crippen LogP contribution in [0.3, 0.4) is 0 Å². The lowest BCUT2D eigenvalue weighted by molar-refractivity contribution is -0.140. The molecule has 1 atom stereocenters. The Hall–Kier alpha value is -3.56. The molecule has 1 N–H and O–H groups in total. The molecular formula is C32H38ClN3O5S. The van der Waals surface area contributed by atoms with E-state index in [0.29, 0.717) is 12.2 Å². The van der Waals surface area contributed by atoms with Gasteiger partial charge in [0.15, 0.2) is 0 Å². The monoisotopic (exact) mass is 611 g/mol. The molecule has 0 aromatic heterocycles. The van der Waals surface area contributed by atoms with Crippen molar-refractivity contribution in [1.82, 2.24) is 10.2 Å². The number of benzene rings is 3. The van der Waals surface area contributed by atoms with Gasteiger partial charge in [0.1, 0.15) is 18.3 Å². The quantitative estimate of drug-likeness (QED) is 0.283. The number of anilines is 1. The second-order valence-electron chi connectivity index (χ2n) is 10.6. The second-order valence-corrected chi connectivity index (χ2v) is 12.8. The molecule has 2 amide bonds. The average Bonchev–Trinajstić information content (AvgIpc) is 3.50. The summed E-state index contributed by atoms with van der Waals surface area (Å²) in [5.41, 5.74) is 2.11. The number of aryl methyl sites for hydroxylation is 1. The molecule has 0 radical (unpaired) electrons. The molecule has 3 aromatic rings. The van der Waals surface area contributed by atoms with Gasteiger partial charge in [0, 0.05) is 12.6 Å². The number of ether oxygens (including phenoxy) is 1. The van der Waals surface area contributed by atoms with Crippen LogP contribution < -0.4 is 14.4 Å². The number of nitrogens with zero attached hydrogens (tertiary/aromatic N) is 2. The third-order valence-corrected chi connectivity index (χ3v) is 9.68.